The fraction of sp³-hybridized carbons (Fsp3) is 0.500. The number of furan rings is 1. The second-order valence-electron chi connectivity index (χ2n) is 8.46. The highest BCUT2D eigenvalue weighted by atomic mass is 16.5. The summed E-state index contributed by atoms with van der Waals surface area (Å²) in [6, 6.07) is 5.54. The summed E-state index contributed by atoms with van der Waals surface area (Å²) in [5.41, 5.74) is 3.63. The number of nitrogens with one attached hydrogen (secondary N) is 1. The van der Waals surface area contributed by atoms with Gasteiger partial charge in [-0.3, -0.25) is 9.89 Å². The van der Waals surface area contributed by atoms with Crippen LogP contribution in [0.2, 0.25) is 0 Å². The van der Waals surface area contributed by atoms with Crippen LogP contribution in [0.3, 0.4) is 0 Å². The number of rotatable bonds is 3. The van der Waals surface area contributed by atoms with Crippen molar-refractivity contribution in [3.05, 3.63) is 46.7 Å². The lowest BCUT2D eigenvalue weighted by Crippen LogP contribution is -2.38. The number of hydrogen-bond acceptors (Lipinski definition) is 5. The average Bonchev–Trinajstić information content (AvgIpc) is 3.46. The topological polar surface area (TPSA) is 88.2 Å². The number of H-pyrrole nitrogens is 1. The van der Waals surface area contributed by atoms with Crippen LogP contribution in [0.1, 0.15) is 65.4 Å². The van der Waals surface area contributed by atoms with Gasteiger partial charge < -0.3 is 13.8 Å². The molecule has 0 bridgehead atoms. The molecule has 0 spiro atoms. The molecule has 1 aliphatic heterocycles. The van der Waals surface area contributed by atoms with Crippen molar-refractivity contribution in [1.82, 2.24) is 20.3 Å². The quantitative estimate of drug-likeness (QED) is 0.722. The van der Waals surface area contributed by atoms with E-state index in [0.29, 0.717) is 36.4 Å². The lowest BCUT2D eigenvalue weighted by atomic mass is 9.83. The summed E-state index contributed by atoms with van der Waals surface area (Å²) < 4.78 is 11.4. The number of amides is 1. The van der Waals surface area contributed by atoms with Gasteiger partial charge in [0.15, 0.2) is 11.5 Å². The minimum Gasteiger partial charge on any atom is -0.460 e. The largest absolute Gasteiger partial charge is 0.460 e. The molecule has 4 heterocycles. The third-order valence-corrected chi connectivity index (χ3v) is 6.28. The Balaban J connectivity index is 1.25. The SMILES string of the molecule is Cc1ccc(-c2cc(C(=O)N3CCC(c4onc5c4CC(C)CC5)CC3)n[nH]2)o1. The van der Waals surface area contributed by atoms with Gasteiger partial charge >= 0.3 is 0 Å². The van der Waals surface area contributed by atoms with Crippen LogP contribution in [-0.2, 0) is 12.8 Å². The predicted molar refractivity (Wildman–Crippen MR) is 107 cm³/mol. The number of fused-ring (bicyclic) bond motifs is 1. The highest BCUT2D eigenvalue weighted by Crippen LogP contribution is 2.36. The molecular formula is C22H26N4O3. The first-order valence-electron chi connectivity index (χ1n) is 10.5. The number of hydrogen-bond donors (Lipinski definition) is 1. The van der Waals surface area contributed by atoms with E-state index in [-0.39, 0.29) is 5.91 Å². The van der Waals surface area contributed by atoms with Gasteiger partial charge in [0.05, 0.1) is 5.69 Å². The van der Waals surface area contributed by atoms with E-state index < -0.39 is 0 Å². The number of aromatic nitrogens is 3. The van der Waals surface area contributed by atoms with Crippen molar-refractivity contribution in [2.45, 2.75) is 51.9 Å². The Morgan fingerprint density at radius 1 is 1.24 bits per heavy atom. The first-order valence-corrected chi connectivity index (χ1v) is 10.5. The first-order chi connectivity index (χ1) is 14.1. The van der Waals surface area contributed by atoms with E-state index in [1.54, 1.807) is 6.07 Å². The van der Waals surface area contributed by atoms with E-state index in [1.807, 2.05) is 24.0 Å². The molecule has 1 N–H and O–H groups in total. The molecule has 1 saturated heterocycles. The molecule has 152 valence electrons. The van der Waals surface area contributed by atoms with E-state index >= 15 is 0 Å². The van der Waals surface area contributed by atoms with Gasteiger partial charge in [0.25, 0.3) is 5.91 Å². The number of aryl methyl sites for hydroxylation is 2. The minimum atomic E-state index is -0.0394. The zero-order valence-electron chi connectivity index (χ0n) is 16.9. The molecule has 0 saturated carbocycles. The smallest absolute Gasteiger partial charge is 0.274 e. The molecule has 1 aliphatic carbocycles. The number of aromatic amines is 1. The van der Waals surface area contributed by atoms with E-state index in [9.17, 15) is 4.79 Å². The molecule has 1 unspecified atom stereocenters. The molecule has 2 aliphatic rings. The zero-order chi connectivity index (χ0) is 20.0. The van der Waals surface area contributed by atoms with Crippen molar-refractivity contribution < 1.29 is 13.7 Å². The van der Waals surface area contributed by atoms with Crippen LogP contribution >= 0.6 is 0 Å². The molecule has 5 rings (SSSR count). The van der Waals surface area contributed by atoms with E-state index in [2.05, 4.69) is 22.3 Å². The summed E-state index contributed by atoms with van der Waals surface area (Å²) in [6.45, 7) is 5.60. The molecular weight excluding hydrogens is 368 g/mol. The molecule has 1 amide bonds. The van der Waals surface area contributed by atoms with Gasteiger partial charge in [0.2, 0.25) is 0 Å². The van der Waals surface area contributed by atoms with Crippen molar-refractivity contribution in [2.75, 3.05) is 13.1 Å². The van der Waals surface area contributed by atoms with Gasteiger partial charge in [0, 0.05) is 30.6 Å². The molecule has 7 heteroatoms. The van der Waals surface area contributed by atoms with Crippen LogP contribution in [0.25, 0.3) is 11.5 Å². The number of carbonyl (C=O) groups excluding carboxylic acids is 1. The number of likely N-dealkylation sites (tertiary alicyclic amines) is 1. The Bertz CT molecular complexity index is 1020. The Hall–Kier alpha value is -2.83. The molecule has 3 aromatic rings. The van der Waals surface area contributed by atoms with Crippen LogP contribution in [0, 0.1) is 12.8 Å². The van der Waals surface area contributed by atoms with E-state index in [1.165, 1.54) is 12.0 Å². The highest BCUT2D eigenvalue weighted by Gasteiger charge is 2.32. The van der Waals surface area contributed by atoms with Gasteiger partial charge in [-0.2, -0.15) is 5.10 Å². The molecule has 3 aromatic heterocycles. The third-order valence-electron chi connectivity index (χ3n) is 6.28. The van der Waals surface area contributed by atoms with Crippen LogP contribution in [0.15, 0.2) is 27.1 Å². The molecule has 0 aromatic carbocycles. The second-order valence-corrected chi connectivity index (χ2v) is 8.46. The highest BCUT2D eigenvalue weighted by molar-refractivity contribution is 5.93. The van der Waals surface area contributed by atoms with Gasteiger partial charge in [-0.15, -0.1) is 0 Å². The van der Waals surface area contributed by atoms with Gasteiger partial charge in [-0.1, -0.05) is 12.1 Å². The molecule has 0 radical (unpaired) electrons. The molecule has 7 nitrogen and oxygen atoms in total. The normalized spacial score (nSPS) is 20.1. The summed E-state index contributed by atoms with van der Waals surface area (Å²) in [5.74, 6) is 3.58. The molecule has 1 fully saturated rings. The lowest BCUT2D eigenvalue weighted by molar-refractivity contribution is 0.0700. The summed E-state index contributed by atoms with van der Waals surface area (Å²) in [6.07, 6.45) is 5.08. The Labute approximate surface area is 169 Å². The Morgan fingerprint density at radius 3 is 2.83 bits per heavy atom. The van der Waals surface area contributed by atoms with Crippen LogP contribution in [-0.4, -0.2) is 39.3 Å². The fourth-order valence-corrected chi connectivity index (χ4v) is 4.57. The maximum absolute atomic E-state index is 12.9. The van der Waals surface area contributed by atoms with Crippen LogP contribution < -0.4 is 0 Å². The third kappa shape index (κ3) is 3.39. The summed E-state index contributed by atoms with van der Waals surface area (Å²) in [4.78, 5) is 14.8. The zero-order valence-corrected chi connectivity index (χ0v) is 16.9. The molecule has 29 heavy (non-hydrogen) atoms. The summed E-state index contributed by atoms with van der Waals surface area (Å²) in [7, 11) is 0. The van der Waals surface area contributed by atoms with E-state index in [0.717, 1.165) is 48.6 Å². The average molecular weight is 394 g/mol. The number of carbonyl (C=O) groups is 1. The molecule has 1 atom stereocenters. The maximum atomic E-state index is 12.9. The minimum absolute atomic E-state index is 0.0394. The summed E-state index contributed by atoms with van der Waals surface area (Å²) in [5, 5.41) is 11.4. The number of piperidine rings is 1. The first kappa shape index (κ1) is 18.2. The van der Waals surface area contributed by atoms with Crippen LogP contribution in [0.5, 0.6) is 0 Å². The Kier molecular flexibility index (Phi) is 4.53. The second kappa shape index (κ2) is 7.21. The van der Waals surface area contributed by atoms with Gasteiger partial charge in [0.1, 0.15) is 17.2 Å². The standard InChI is InChI=1S/C22H26N4O3/c1-13-3-5-17-16(11-13)21(29-25-17)15-7-9-26(10-8-15)22(27)19-12-18(23-24-19)20-6-4-14(2)28-20/h4,6,12-13,15H,3,5,7-11H2,1-2H3,(H,23,24). The predicted octanol–water partition coefficient (Wildman–Crippen LogP) is 4.11. The maximum Gasteiger partial charge on any atom is 0.274 e. The van der Waals surface area contributed by atoms with Crippen molar-refractivity contribution >= 4 is 5.91 Å². The monoisotopic (exact) mass is 394 g/mol. The van der Waals surface area contributed by atoms with E-state index in [4.69, 9.17) is 8.94 Å². The Morgan fingerprint density at radius 2 is 2.07 bits per heavy atom. The van der Waals surface area contributed by atoms with Crippen molar-refractivity contribution in [1.29, 1.82) is 0 Å². The number of nitrogens with zero attached hydrogens (tertiary/aromatic N) is 3. The summed E-state index contributed by atoms with van der Waals surface area (Å²) >= 11 is 0. The van der Waals surface area contributed by atoms with Crippen molar-refractivity contribution in [2.24, 2.45) is 5.92 Å². The van der Waals surface area contributed by atoms with Gasteiger partial charge in [-0.05, 0) is 57.1 Å². The lowest BCUT2D eigenvalue weighted by Gasteiger charge is -2.31. The van der Waals surface area contributed by atoms with Gasteiger partial charge in [-0.25, -0.2) is 0 Å². The fourth-order valence-electron chi connectivity index (χ4n) is 4.57. The van der Waals surface area contributed by atoms with Crippen molar-refractivity contribution in [3.8, 4) is 11.5 Å². The van der Waals surface area contributed by atoms with Crippen molar-refractivity contribution in [3.63, 3.8) is 0 Å². The van der Waals surface area contributed by atoms with Crippen LogP contribution in [0.4, 0.5) is 0 Å².